The number of methoxy groups -OCH3 is 2. The Kier molecular flexibility index (Phi) is 8.80. The standard InChI is InChI=1S/C30H34N2O4/c1-35-26-12-13-28-27(20-26)23(14-16-31-28)9-5-8-22-15-18-32(21-25(22)19-30(33)34)17-6-10-24-7-3-4-11-29(24)36-2/h3-4,7,11-14,16,20,22,25H,5,8-9,15,17-19,21H2,1-2H3,(H,33,34)/t22-,25+/m1/s1. The number of para-hydroxylation sites is 1. The summed E-state index contributed by atoms with van der Waals surface area (Å²) in [6.45, 7) is 2.34. The summed E-state index contributed by atoms with van der Waals surface area (Å²) in [5.74, 6) is 7.89. The lowest BCUT2D eigenvalue weighted by atomic mass is 9.80. The van der Waals surface area contributed by atoms with Gasteiger partial charge in [0.05, 0.1) is 31.8 Å². The van der Waals surface area contributed by atoms with Gasteiger partial charge in [0.15, 0.2) is 0 Å². The Hall–Kier alpha value is -3.56. The Bertz CT molecular complexity index is 1250. The molecule has 1 N–H and O–H groups in total. The molecule has 0 unspecified atom stereocenters. The predicted molar refractivity (Wildman–Crippen MR) is 141 cm³/mol. The van der Waals surface area contributed by atoms with Crippen LogP contribution in [0.5, 0.6) is 11.5 Å². The first-order chi connectivity index (χ1) is 17.6. The second kappa shape index (κ2) is 12.4. The number of carboxylic acids is 1. The van der Waals surface area contributed by atoms with E-state index in [0.717, 1.165) is 66.7 Å². The number of benzene rings is 2. The quantitative estimate of drug-likeness (QED) is 0.427. The van der Waals surface area contributed by atoms with Crippen molar-refractivity contribution < 1.29 is 19.4 Å². The molecular formula is C30H34N2O4. The molecule has 0 amide bonds. The SMILES string of the molecule is COc1ccc2nccc(CCC[C@@H]3CCN(CC#Cc4ccccc4OC)C[C@@H]3CC(=O)O)c2c1. The average Bonchev–Trinajstić information content (AvgIpc) is 2.89. The van der Waals surface area contributed by atoms with E-state index in [1.165, 1.54) is 5.56 Å². The van der Waals surface area contributed by atoms with Crippen LogP contribution in [0.1, 0.15) is 36.8 Å². The van der Waals surface area contributed by atoms with Gasteiger partial charge in [-0.2, -0.15) is 0 Å². The van der Waals surface area contributed by atoms with Crippen LogP contribution >= 0.6 is 0 Å². The average molecular weight is 487 g/mol. The zero-order chi connectivity index (χ0) is 25.3. The molecule has 3 aromatic rings. The molecular weight excluding hydrogens is 452 g/mol. The number of nitrogens with zero attached hydrogens (tertiary/aromatic N) is 2. The number of aryl methyl sites for hydroxylation is 1. The minimum atomic E-state index is -0.723. The fourth-order valence-electron chi connectivity index (χ4n) is 5.21. The molecule has 1 aliphatic rings. The second-order valence-corrected chi connectivity index (χ2v) is 9.39. The molecule has 2 heterocycles. The summed E-state index contributed by atoms with van der Waals surface area (Å²) < 4.78 is 10.8. The molecule has 1 aliphatic heterocycles. The van der Waals surface area contributed by atoms with Crippen molar-refractivity contribution >= 4 is 16.9 Å². The Morgan fingerprint density at radius 3 is 2.81 bits per heavy atom. The van der Waals surface area contributed by atoms with Crippen molar-refractivity contribution in [2.45, 2.75) is 32.1 Å². The van der Waals surface area contributed by atoms with Gasteiger partial charge in [0, 0.05) is 24.5 Å². The Morgan fingerprint density at radius 2 is 2.00 bits per heavy atom. The number of aromatic nitrogens is 1. The first-order valence-electron chi connectivity index (χ1n) is 12.5. The number of piperidine rings is 1. The summed E-state index contributed by atoms with van der Waals surface area (Å²) in [6.07, 6.45) is 6.05. The molecule has 4 rings (SSSR count). The summed E-state index contributed by atoms with van der Waals surface area (Å²) in [7, 11) is 3.33. The third-order valence-electron chi connectivity index (χ3n) is 7.11. The van der Waals surface area contributed by atoms with Gasteiger partial charge in [0.1, 0.15) is 11.5 Å². The minimum Gasteiger partial charge on any atom is -0.497 e. The second-order valence-electron chi connectivity index (χ2n) is 9.39. The monoisotopic (exact) mass is 486 g/mol. The molecule has 1 aromatic heterocycles. The summed E-state index contributed by atoms with van der Waals surface area (Å²) in [5.41, 5.74) is 3.11. The number of aliphatic carboxylic acids is 1. The third kappa shape index (κ3) is 6.56. The Balaban J connectivity index is 1.36. The van der Waals surface area contributed by atoms with Gasteiger partial charge >= 0.3 is 5.97 Å². The molecule has 2 atom stereocenters. The van der Waals surface area contributed by atoms with E-state index in [9.17, 15) is 9.90 Å². The fourth-order valence-corrected chi connectivity index (χ4v) is 5.21. The molecule has 0 spiro atoms. The van der Waals surface area contributed by atoms with Crippen LogP contribution in [0, 0.1) is 23.7 Å². The van der Waals surface area contributed by atoms with Gasteiger partial charge < -0.3 is 14.6 Å². The van der Waals surface area contributed by atoms with Crippen LogP contribution < -0.4 is 9.47 Å². The zero-order valence-corrected chi connectivity index (χ0v) is 21.1. The van der Waals surface area contributed by atoms with Gasteiger partial charge in [-0.3, -0.25) is 14.7 Å². The van der Waals surface area contributed by atoms with Gasteiger partial charge in [0.25, 0.3) is 0 Å². The number of hydrogen-bond acceptors (Lipinski definition) is 5. The molecule has 2 aromatic carbocycles. The van der Waals surface area contributed by atoms with Crippen LogP contribution in [0.4, 0.5) is 0 Å². The number of carbonyl (C=O) groups is 1. The minimum absolute atomic E-state index is 0.138. The smallest absolute Gasteiger partial charge is 0.303 e. The summed E-state index contributed by atoms with van der Waals surface area (Å²) in [6, 6.07) is 15.8. The van der Waals surface area contributed by atoms with Crippen LogP contribution in [0.25, 0.3) is 10.9 Å². The van der Waals surface area contributed by atoms with Gasteiger partial charge in [-0.05, 0) is 86.0 Å². The van der Waals surface area contributed by atoms with Crippen molar-refractivity contribution in [2.24, 2.45) is 11.8 Å². The van der Waals surface area contributed by atoms with Crippen molar-refractivity contribution in [3.05, 3.63) is 65.9 Å². The highest BCUT2D eigenvalue weighted by Gasteiger charge is 2.30. The number of carboxylic acid groups (broad SMARTS) is 1. The lowest BCUT2D eigenvalue weighted by molar-refractivity contribution is -0.139. The highest BCUT2D eigenvalue weighted by atomic mass is 16.5. The van der Waals surface area contributed by atoms with Gasteiger partial charge in [-0.25, -0.2) is 0 Å². The molecule has 6 heteroatoms. The molecule has 1 fully saturated rings. The largest absolute Gasteiger partial charge is 0.497 e. The number of ether oxygens (including phenoxy) is 2. The van der Waals surface area contributed by atoms with Crippen molar-refractivity contribution in [1.82, 2.24) is 9.88 Å². The highest BCUT2D eigenvalue weighted by Crippen LogP contribution is 2.31. The molecule has 188 valence electrons. The maximum atomic E-state index is 11.6. The normalized spacial score (nSPS) is 17.8. The van der Waals surface area contributed by atoms with Crippen LogP contribution in [-0.2, 0) is 11.2 Å². The van der Waals surface area contributed by atoms with Gasteiger partial charge in [0.2, 0.25) is 0 Å². The van der Waals surface area contributed by atoms with E-state index in [-0.39, 0.29) is 12.3 Å². The molecule has 0 saturated carbocycles. The molecule has 6 nitrogen and oxygen atoms in total. The third-order valence-corrected chi connectivity index (χ3v) is 7.11. The van der Waals surface area contributed by atoms with E-state index < -0.39 is 5.97 Å². The first kappa shape index (κ1) is 25.5. The van der Waals surface area contributed by atoms with E-state index >= 15 is 0 Å². The van der Waals surface area contributed by atoms with Crippen molar-refractivity contribution in [2.75, 3.05) is 33.9 Å². The predicted octanol–water partition coefficient (Wildman–Crippen LogP) is 5.04. The van der Waals surface area contributed by atoms with Crippen LogP contribution in [0.2, 0.25) is 0 Å². The molecule has 0 aliphatic carbocycles. The van der Waals surface area contributed by atoms with Gasteiger partial charge in [-0.15, -0.1) is 0 Å². The van der Waals surface area contributed by atoms with E-state index in [2.05, 4.69) is 33.9 Å². The first-order valence-corrected chi connectivity index (χ1v) is 12.5. The van der Waals surface area contributed by atoms with Crippen LogP contribution in [-0.4, -0.2) is 54.8 Å². The lowest BCUT2D eigenvalue weighted by Gasteiger charge is -2.37. The number of fused-ring (bicyclic) bond motifs is 1. The van der Waals surface area contributed by atoms with Crippen molar-refractivity contribution in [1.29, 1.82) is 0 Å². The molecule has 36 heavy (non-hydrogen) atoms. The highest BCUT2D eigenvalue weighted by molar-refractivity contribution is 5.83. The zero-order valence-electron chi connectivity index (χ0n) is 21.1. The number of likely N-dealkylation sites (tertiary alicyclic amines) is 1. The van der Waals surface area contributed by atoms with E-state index in [1.54, 1.807) is 14.2 Å². The maximum absolute atomic E-state index is 11.6. The van der Waals surface area contributed by atoms with E-state index in [4.69, 9.17) is 9.47 Å². The molecule has 0 radical (unpaired) electrons. The number of pyridine rings is 1. The Labute approximate surface area is 213 Å². The molecule has 0 bridgehead atoms. The topological polar surface area (TPSA) is 71.9 Å². The van der Waals surface area contributed by atoms with E-state index in [0.29, 0.717) is 12.5 Å². The fraction of sp³-hybridized carbons (Fsp3) is 0.400. The van der Waals surface area contributed by atoms with Crippen molar-refractivity contribution in [3.8, 4) is 23.3 Å². The van der Waals surface area contributed by atoms with E-state index in [1.807, 2.05) is 42.6 Å². The lowest BCUT2D eigenvalue weighted by Crippen LogP contribution is -2.41. The maximum Gasteiger partial charge on any atom is 0.303 e. The van der Waals surface area contributed by atoms with Crippen molar-refractivity contribution in [3.63, 3.8) is 0 Å². The van der Waals surface area contributed by atoms with Gasteiger partial charge in [-0.1, -0.05) is 24.0 Å². The summed E-state index contributed by atoms with van der Waals surface area (Å²) in [4.78, 5) is 18.4. The molecule has 1 saturated heterocycles. The summed E-state index contributed by atoms with van der Waals surface area (Å²) >= 11 is 0. The summed E-state index contributed by atoms with van der Waals surface area (Å²) in [5, 5.41) is 10.7. The Morgan fingerprint density at radius 1 is 1.14 bits per heavy atom. The number of rotatable bonds is 9. The number of hydrogen-bond donors (Lipinski definition) is 1. The van der Waals surface area contributed by atoms with Crippen LogP contribution in [0.3, 0.4) is 0 Å². The van der Waals surface area contributed by atoms with Crippen LogP contribution in [0.15, 0.2) is 54.7 Å².